The Bertz CT molecular complexity index is 1040. The van der Waals surface area contributed by atoms with Crippen LogP contribution in [0.25, 0.3) is 0 Å². The molecule has 2 amide bonds. The second kappa shape index (κ2) is 6.27. The maximum absolute atomic E-state index is 13.1. The number of rotatable bonds is 5. The van der Waals surface area contributed by atoms with E-state index < -0.39 is 29.0 Å². The van der Waals surface area contributed by atoms with Crippen LogP contribution in [0.5, 0.6) is 0 Å². The summed E-state index contributed by atoms with van der Waals surface area (Å²) in [4.78, 5) is 28.7. The number of halogens is 4. The van der Waals surface area contributed by atoms with E-state index in [1.165, 1.54) is 24.3 Å². The summed E-state index contributed by atoms with van der Waals surface area (Å²) in [7, 11) is 0. The molecule has 9 heteroatoms. The standard InChI is InChI=1S/C22H19F4N3O2/c23-15-4-1-13(2-5-15)17(30)29-21(7-8-21)19-10-20(11-19,12-19)28-18(31)16-6-3-14(9-27-16)22(24,25)26/h1-6,9H,7-8,10-12H2,(H,28,31)(H,29,30). The largest absolute Gasteiger partial charge is 0.417 e. The van der Waals surface area contributed by atoms with Crippen LogP contribution in [-0.2, 0) is 6.18 Å². The molecule has 0 spiro atoms. The van der Waals surface area contributed by atoms with Gasteiger partial charge in [-0.3, -0.25) is 14.6 Å². The molecule has 0 unspecified atom stereocenters. The molecule has 4 fully saturated rings. The van der Waals surface area contributed by atoms with Crippen molar-refractivity contribution in [1.82, 2.24) is 15.6 Å². The summed E-state index contributed by atoms with van der Waals surface area (Å²) in [5.74, 6) is -1.14. The summed E-state index contributed by atoms with van der Waals surface area (Å²) in [5, 5.41) is 6.03. The third kappa shape index (κ3) is 3.18. The Morgan fingerprint density at radius 2 is 1.55 bits per heavy atom. The molecular weight excluding hydrogens is 414 g/mol. The van der Waals surface area contributed by atoms with Crippen LogP contribution in [-0.4, -0.2) is 27.9 Å². The van der Waals surface area contributed by atoms with E-state index >= 15 is 0 Å². The van der Waals surface area contributed by atoms with Crippen molar-refractivity contribution in [3.63, 3.8) is 0 Å². The van der Waals surface area contributed by atoms with E-state index in [2.05, 4.69) is 15.6 Å². The minimum Gasteiger partial charge on any atom is -0.346 e. The van der Waals surface area contributed by atoms with E-state index in [1.54, 1.807) is 0 Å². The number of pyridine rings is 1. The molecule has 4 aliphatic rings. The van der Waals surface area contributed by atoms with Gasteiger partial charge in [0, 0.05) is 28.3 Å². The highest BCUT2D eigenvalue weighted by Crippen LogP contribution is 2.76. The summed E-state index contributed by atoms with van der Waals surface area (Å²) in [6.45, 7) is 0. The van der Waals surface area contributed by atoms with Crippen molar-refractivity contribution in [1.29, 1.82) is 0 Å². The van der Waals surface area contributed by atoms with Crippen molar-refractivity contribution in [2.75, 3.05) is 0 Å². The Morgan fingerprint density at radius 1 is 0.903 bits per heavy atom. The molecule has 0 saturated heterocycles. The predicted molar refractivity (Wildman–Crippen MR) is 102 cm³/mol. The second-order valence-corrected chi connectivity index (χ2v) is 9.02. The Labute approximate surface area is 175 Å². The highest BCUT2D eigenvalue weighted by atomic mass is 19.4. The first-order valence-electron chi connectivity index (χ1n) is 10.00. The number of amides is 2. The molecule has 1 aromatic heterocycles. The molecule has 0 radical (unpaired) electrons. The number of nitrogens with zero attached hydrogens (tertiary/aromatic N) is 1. The highest BCUT2D eigenvalue weighted by molar-refractivity contribution is 5.95. The molecule has 1 heterocycles. The molecule has 0 aliphatic heterocycles. The summed E-state index contributed by atoms with van der Waals surface area (Å²) < 4.78 is 51.0. The van der Waals surface area contributed by atoms with Crippen LogP contribution >= 0.6 is 0 Å². The van der Waals surface area contributed by atoms with E-state index in [-0.39, 0.29) is 22.6 Å². The molecule has 6 rings (SSSR count). The first-order chi connectivity index (χ1) is 14.6. The molecule has 162 valence electrons. The van der Waals surface area contributed by atoms with Crippen LogP contribution in [0.3, 0.4) is 0 Å². The molecule has 2 N–H and O–H groups in total. The lowest BCUT2D eigenvalue weighted by atomic mass is 9.36. The lowest BCUT2D eigenvalue weighted by Crippen LogP contribution is -2.80. The molecule has 2 bridgehead atoms. The van der Waals surface area contributed by atoms with Crippen molar-refractivity contribution in [2.45, 2.75) is 49.4 Å². The van der Waals surface area contributed by atoms with Gasteiger partial charge in [0.2, 0.25) is 0 Å². The first kappa shape index (κ1) is 20.0. The molecule has 4 saturated carbocycles. The van der Waals surface area contributed by atoms with Crippen LogP contribution in [0.4, 0.5) is 17.6 Å². The average Bonchev–Trinajstić information content (AvgIpc) is 3.43. The topological polar surface area (TPSA) is 71.1 Å². The number of benzene rings is 1. The van der Waals surface area contributed by atoms with Crippen molar-refractivity contribution in [3.05, 3.63) is 65.2 Å². The van der Waals surface area contributed by atoms with Gasteiger partial charge < -0.3 is 10.6 Å². The minimum absolute atomic E-state index is 0.0578. The predicted octanol–water partition coefficient (Wildman–Crippen LogP) is 3.85. The van der Waals surface area contributed by atoms with Crippen LogP contribution in [0.15, 0.2) is 42.6 Å². The number of hydrogen-bond acceptors (Lipinski definition) is 3. The van der Waals surface area contributed by atoms with E-state index in [1.807, 2.05) is 0 Å². The van der Waals surface area contributed by atoms with E-state index in [0.29, 0.717) is 31.0 Å². The number of alkyl halides is 3. The summed E-state index contributed by atoms with van der Waals surface area (Å²) >= 11 is 0. The maximum atomic E-state index is 13.1. The smallest absolute Gasteiger partial charge is 0.346 e. The van der Waals surface area contributed by atoms with Crippen molar-refractivity contribution in [2.24, 2.45) is 5.41 Å². The third-order valence-corrected chi connectivity index (χ3v) is 6.96. The van der Waals surface area contributed by atoms with Gasteiger partial charge in [0.25, 0.3) is 11.8 Å². The highest BCUT2D eigenvalue weighted by Gasteiger charge is 2.79. The number of hydrogen-bond donors (Lipinski definition) is 2. The van der Waals surface area contributed by atoms with Crippen molar-refractivity contribution >= 4 is 11.8 Å². The quantitative estimate of drug-likeness (QED) is 0.704. The van der Waals surface area contributed by atoms with Crippen LogP contribution < -0.4 is 10.6 Å². The fourth-order valence-electron chi connectivity index (χ4n) is 5.23. The van der Waals surface area contributed by atoms with Crippen LogP contribution in [0.1, 0.15) is 58.5 Å². The first-order valence-corrected chi connectivity index (χ1v) is 10.00. The van der Waals surface area contributed by atoms with Gasteiger partial charge in [-0.25, -0.2) is 4.39 Å². The lowest BCUT2D eigenvalue weighted by molar-refractivity contribution is -0.175. The van der Waals surface area contributed by atoms with Gasteiger partial charge in [-0.15, -0.1) is 0 Å². The normalized spacial score (nSPS) is 27.5. The fourth-order valence-corrected chi connectivity index (χ4v) is 5.23. The molecule has 2 aromatic rings. The van der Waals surface area contributed by atoms with Crippen molar-refractivity contribution in [3.8, 4) is 0 Å². The average molecular weight is 433 g/mol. The summed E-state index contributed by atoms with van der Waals surface area (Å²) in [5.41, 5.74) is -1.34. The van der Waals surface area contributed by atoms with Crippen molar-refractivity contribution < 1.29 is 27.2 Å². The second-order valence-electron chi connectivity index (χ2n) is 9.02. The molecule has 1 aromatic carbocycles. The van der Waals surface area contributed by atoms with Gasteiger partial charge in [0.05, 0.1) is 5.56 Å². The van der Waals surface area contributed by atoms with Gasteiger partial charge in [-0.1, -0.05) is 0 Å². The third-order valence-electron chi connectivity index (χ3n) is 6.96. The molecule has 5 nitrogen and oxygen atoms in total. The zero-order valence-corrected chi connectivity index (χ0v) is 16.4. The fraction of sp³-hybridized carbons (Fsp3) is 0.409. The number of aromatic nitrogens is 1. The van der Waals surface area contributed by atoms with Gasteiger partial charge in [-0.05, 0) is 68.5 Å². The number of nitrogens with one attached hydrogen (secondary N) is 2. The lowest BCUT2D eigenvalue weighted by Gasteiger charge is -2.73. The Balaban J connectivity index is 1.20. The zero-order valence-electron chi connectivity index (χ0n) is 16.4. The summed E-state index contributed by atoms with van der Waals surface area (Å²) in [6, 6.07) is 7.30. The van der Waals surface area contributed by atoms with E-state index in [9.17, 15) is 27.2 Å². The van der Waals surface area contributed by atoms with Gasteiger partial charge >= 0.3 is 6.18 Å². The Kier molecular flexibility index (Phi) is 4.04. The zero-order chi connectivity index (χ0) is 22.1. The molecule has 0 atom stereocenters. The van der Waals surface area contributed by atoms with Gasteiger partial charge in [0.1, 0.15) is 11.5 Å². The summed E-state index contributed by atoms with van der Waals surface area (Å²) in [6.07, 6.45) is -0.0289. The number of carbonyl (C=O) groups excluding carboxylic acids is 2. The molecular formula is C22H19F4N3O2. The van der Waals surface area contributed by atoms with Crippen LogP contribution in [0, 0.1) is 11.2 Å². The SMILES string of the molecule is O=C(NC1(C23CC(NC(=O)c4ccc(C(F)(F)F)cn4)(C2)C3)CC1)c1ccc(F)cc1. The van der Waals surface area contributed by atoms with Crippen LogP contribution in [0.2, 0.25) is 0 Å². The van der Waals surface area contributed by atoms with Gasteiger partial charge in [-0.2, -0.15) is 13.2 Å². The number of carbonyl (C=O) groups is 2. The molecule has 31 heavy (non-hydrogen) atoms. The monoisotopic (exact) mass is 433 g/mol. The molecule has 4 aliphatic carbocycles. The van der Waals surface area contributed by atoms with E-state index in [4.69, 9.17) is 0 Å². The van der Waals surface area contributed by atoms with E-state index in [0.717, 1.165) is 25.0 Å². The van der Waals surface area contributed by atoms with Gasteiger partial charge in [0.15, 0.2) is 0 Å². The minimum atomic E-state index is -4.50. The maximum Gasteiger partial charge on any atom is 0.417 e. The Morgan fingerprint density at radius 3 is 2.06 bits per heavy atom. The Hall–Kier alpha value is -2.97.